The lowest BCUT2D eigenvalue weighted by Gasteiger charge is -1.99. The fourth-order valence-corrected chi connectivity index (χ4v) is 1.71. The largest absolute Gasteiger partial charge is 0.361 e. The van der Waals surface area contributed by atoms with E-state index in [0.29, 0.717) is 10.9 Å². The molecule has 0 atom stereocenters. The third-order valence-corrected chi connectivity index (χ3v) is 2.44. The number of aryl methyl sites for hydroxylation is 2. The third-order valence-electron chi connectivity index (χ3n) is 2.44. The number of rotatable bonds is 2. The van der Waals surface area contributed by atoms with Crippen molar-refractivity contribution < 1.29 is 8.78 Å². The number of aromatic nitrogens is 1. The molecule has 0 fully saturated rings. The van der Waals surface area contributed by atoms with Gasteiger partial charge in [0.15, 0.2) is 0 Å². The number of H-pyrrole nitrogens is 1. The van der Waals surface area contributed by atoms with E-state index in [1.807, 2.05) is 6.92 Å². The van der Waals surface area contributed by atoms with Gasteiger partial charge in [0.1, 0.15) is 5.82 Å². The van der Waals surface area contributed by atoms with Crippen LogP contribution in [0.1, 0.15) is 11.1 Å². The summed E-state index contributed by atoms with van der Waals surface area (Å²) in [5, 5.41) is 0.530. The van der Waals surface area contributed by atoms with Crippen LogP contribution in [0.2, 0.25) is 0 Å². The number of halogens is 2. The fraction of sp³-hybridized carbons (Fsp3) is 0.273. The van der Waals surface area contributed by atoms with E-state index in [9.17, 15) is 8.78 Å². The van der Waals surface area contributed by atoms with E-state index in [1.165, 1.54) is 6.07 Å². The molecule has 0 spiro atoms. The molecular formula is C11H11F2N. The van der Waals surface area contributed by atoms with Crippen LogP contribution in [0.25, 0.3) is 10.9 Å². The molecule has 0 radical (unpaired) electrons. The van der Waals surface area contributed by atoms with Crippen molar-refractivity contribution >= 4 is 10.9 Å². The molecule has 1 aromatic carbocycles. The van der Waals surface area contributed by atoms with Crippen molar-refractivity contribution in [3.05, 3.63) is 35.3 Å². The molecule has 14 heavy (non-hydrogen) atoms. The van der Waals surface area contributed by atoms with Gasteiger partial charge in [0.2, 0.25) is 0 Å². The third kappa shape index (κ3) is 1.29. The van der Waals surface area contributed by atoms with Gasteiger partial charge in [-0.05, 0) is 24.1 Å². The second-order valence-electron chi connectivity index (χ2n) is 3.37. The zero-order valence-electron chi connectivity index (χ0n) is 7.90. The van der Waals surface area contributed by atoms with Crippen molar-refractivity contribution in [3.8, 4) is 0 Å². The average Bonchev–Trinajstić information content (AvgIpc) is 2.58. The Morgan fingerprint density at radius 1 is 1.36 bits per heavy atom. The predicted octanol–water partition coefficient (Wildman–Crippen LogP) is 3.13. The molecule has 0 aliphatic heterocycles. The topological polar surface area (TPSA) is 15.8 Å². The lowest BCUT2D eigenvalue weighted by molar-refractivity contribution is 0.496. The minimum atomic E-state index is -0.458. The Labute approximate surface area is 80.7 Å². The highest BCUT2D eigenvalue weighted by Gasteiger charge is 2.09. The number of hydrogen-bond acceptors (Lipinski definition) is 0. The monoisotopic (exact) mass is 195 g/mol. The fourth-order valence-electron chi connectivity index (χ4n) is 1.71. The second kappa shape index (κ2) is 3.40. The highest BCUT2D eigenvalue weighted by Crippen LogP contribution is 2.24. The van der Waals surface area contributed by atoms with Gasteiger partial charge in [-0.3, -0.25) is 4.39 Å². The standard InChI is InChI=1S/C11H11F2N/c1-7-2-3-9(13)10-8(4-5-12)6-14-11(7)10/h2-3,6,14H,4-5H2,1H3. The van der Waals surface area contributed by atoms with Gasteiger partial charge in [-0.15, -0.1) is 0 Å². The van der Waals surface area contributed by atoms with E-state index < -0.39 is 6.67 Å². The molecule has 74 valence electrons. The first-order valence-corrected chi connectivity index (χ1v) is 4.55. The zero-order chi connectivity index (χ0) is 10.1. The predicted molar refractivity (Wildman–Crippen MR) is 52.7 cm³/mol. The van der Waals surface area contributed by atoms with Crippen molar-refractivity contribution in [2.45, 2.75) is 13.3 Å². The molecule has 0 saturated carbocycles. The van der Waals surface area contributed by atoms with Gasteiger partial charge in [0.25, 0.3) is 0 Å². The number of aromatic amines is 1. The van der Waals surface area contributed by atoms with Crippen LogP contribution >= 0.6 is 0 Å². The van der Waals surface area contributed by atoms with Crippen LogP contribution in [0.15, 0.2) is 18.3 Å². The molecule has 1 nitrogen and oxygen atoms in total. The number of benzene rings is 1. The molecule has 2 aromatic rings. The summed E-state index contributed by atoms with van der Waals surface area (Å²) in [6.07, 6.45) is 1.95. The Morgan fingerprint density at radius 3 is 2.86 bits per heavy atom. The Morgan fingerprint density at radius 2 is 2.14 bits per heavy atom. The Kier molecular flexibility index (Phi) is 2.23. The molecular weight excluding hydrogens is 184 g/mol. The van der Waals surface area contributed by atoms with Crippen LogP contribution in [0, 0.1) is 12.7 Å². The van der Waals surface area contributed by atoms with Crippen LogP contribution in [-0.4, -0.2) is 11.7 Å². The summed E-state index contributed by atoms with van der Waals surface area (Å²) in [7, 11) is 0. The van der Waals surface area contributed by atoms with Crippen LogP contribution in [0.3, 0.4) is 0 Å². The van der Waals surface area contributed by atoms with Gasteiger partial charge < -0.3 is 4.98 Å². The molecule has 2 rings (SSSR count). The van der Waals surface area contributed by atoms with Crippen LogP contribution in [0.4, 0.5) is 8.78 Å². The number of nitrogens with one attached hydrogen (secondary N) is 1. The summed E-state index contributed by atoms with van der Waals surface area (Å²) in [6, 6.07) is 3.14. The average molecular weight is 195 g/mol. The first-order valence-electron chi connectivity index (χ1n) is 4.55. The molecule has 0 saturated heterocycles. The normalized spacial score (nSPS) is 11.1. The number of fused-ring (bicyclic) bond motifs is 1. The maximum atomic E-state index is 13.4. The van der Waals surface area contributed by atoms with E-state index in [4.69, 9.17) is 0 Å². The van der Waals surface area contributed by atoms with Gasteiger partial charge in [-0.1, -0.05) is 6.07 Å². The lowest BCUT2D eigenvalue weighted by Crippen LogP contribution is -1.87. The molecule has 1 N–H and O–H groups in total. The molecule has 0 bridgehead atoms. The summed E-state index contributed by atoms with van der Waals surface area (Å²) >= 11 is 0. The molecule has 0 unspecified atom stereocenters. The molecule has 0 amide bonds. The summed E-state index contributed by atoms with van der Waals surface area (Å²) < 4.78 is 25.6. The van der Waals surface area contributed by atoms with E-state index >= 15 is 0 Å². The van der Waals surface area contributed by atoms with E-state index in [0.717, 1.165) is 11.1 Å². The second-order valence-corrected chi connectivity index (χ2v) is 3.37. The summed E-state index contributed by atoms with van der Waals surface area (Å²) in [4.78, 5) is 2.98. The van der Waals surface area contributed by atoms with Crippen LogP contribution in [-0.2, 0) is 6.42 Å². The lowest BCUT2D eigenvalue weighted by atomic mass is 10.1. The van der Waals surface area contributed by atoms with Gasteiger partial charge >= 0.3 is 0 Å². The van der Waals surface area contributed by atoms with Crippen LogP contribution < -0.4 is 0 Å². The first-order chi connectivity index (χ1) is 6.74. The SMILES string of the molecule is Cc1ccc(F)c2c(CCF)c[nH]c12. The van der Waals surface area contributed by atoms with Gasteiger partial charge in [-0.25, -0.2) is 4.39 Å². The van der Waals surface area contributed by atoms with Gasteiger partial charge in [0.05, 0.1) is 12.2 Å². The van der Waals surface area contributed by atoms with Gasteiger partial charge in [0, 0.05) is 18.0 Å². The maximum Gasteiger partial charge on any atom is 0.132 e. The first kappa shape index (κ1) is 9.19. The zero-order valence-corrected chi connectivity index (χ0v) is 7.90. The van der Waals surface area contributed by atoms with E-state index in [-0.39, 0.29) is 12.2 Å². The number of hydrogen-bond donors (Lipinski definition) is 1. The highest BCUT2D eigenvalue weighted by atomic mass is 19.1. The summed E-state index contributed by atoms with van der Waals surface area (Å²) in [5.74, 6) is -0.282. The van der Waals surface area contributed by atoms with Crippen molar-refractivity contribution in [1.29, 1.82) is 0 Å². The Bertz CT molecular complexity index is 460. The Balaban J connectivity index is 2.70. The van der Waals surface area contributed by atoms with E-state index in [2.05, 4.69) is 4.98 Å². The molecule has 3 heteroatoms. The maximum absolute atomic E-state index is 13.4. The van der Waals surface area contributed by atoms with Crippen molar-refractivity contribution in [2.24, 2.45) is 0 Å². The minimum absolute atomic E-state index is 0.264. The molecule has 1 aromatic heterocycles. The van der Waals surface area contributed by atoms with Crippen molar-refractivity contribution in [2.75, 3.05) is 6.67 Å². The highest BCUT2D eigenvalue weighted by molar-refractivity contribution is 5.86. The molecule has 0 aliphatic rings. The number of alkyl halides is 1. The Hall–Kier alpha value is -1.38. The molecule has 0 aliphatic carbocycles. The van der Waals surface area contributed by atoms with Crippen molar-refractivity contribution in [3.63, 3.8) is 0 Å². The summed E-state index contributed by atoms with van der Waals surface area (Å²) in [6.45, 7) is 1.44. The quantitative estimate of drug-likeness (QED) is 0.757. The smallest absolute Gasteiger partial charge is 0.132 e. The van der Waals surface area contributed by atoms with Gasteiger partial charge in [-0.2, -0.15) is 0 Å². The van der Waals surface area contributed by atoms with E-state index in [1.54, 1.807) is 12.3 Å². The minimum Gasteiger partial charge on any atom is -0.361 e. The summed E-state index contributed by atoms with van der Waals surface area (Å²) in [5.41, 5.74) is 2.46. The molecule has 1 heterocycles. The van der Waals surface area contributed by atoms with Crippen LogP contribution in [0.5, 0.6) is 0 Å². The van der Waals surface area contributed by atoms with Crippen molar-refractivity contribution in [1.82, 2.24) is 4.98 Å².